The van der Waals surface area contributed by atoms with Crippen LogP contribution in [0.15, 0.2) is 41.0 Å². The first-order valence-corrected chi connectivity index (χ1v) is 7.66. The molecule has 0 saturated carbocycles. The number of rotatable bonds is 5. The molecule has 1 aromatic carbocycles. The predicted octanol–water partition coefficient (Wildman–Crippen LogP) is 2.81. The molecule has 1 fully saturated rings. The van der Waals surface area contributed by atoms with Crippen LogP contribution in [0.25, 0.3) is 11.5 Å². The molecule has 2 aromatic rings. The maximum atomic E-state index is 12.3. The molecule has 6 heteroatoms. The fourth-order valence-electron chi connectivity index (χ4n) is 2.61. The minimum Gasteiger partial charge on any atom is -0.444 e. The first-order chi connectivity index (χ1) is 11.0. The third-order valence-electron chi connectivity index (χ3n) is 3.71. The van der Waals surface area contributed by atoms with Crippen LogP contribution in [0.1, 0.15) is 26.0 Å². The lowest BCUT2D eigenvalue weighted by Crippen LogP contribution is -2.31. The molecule has 1 unspecified atom stereocenters. The van der Waals surface area contributed by atoms with E-state index in [2.05, 4.69) is 10.3 Å². The molecule has 1 aliphatic heterocycles. The van der Waals surface area contributed by atoms with E-state index >= 15 is 0 Å². The van der Waals surface area contributed by atoms with E-state index in [-0.39, 0.29) is 18.5 Å². The molecule has 1 aliphatic rings. The summed E-state index contributed by atoms with van der Waals surface area (Å²) in [5.41, 5.74) is 1.41. The van der Waals surface area contributed by atoms with Crippen LogP contribution in [0.5, 0.6) is 0 Å². The van der Waals surface area contributed by atoms with Crippen LogP contribution >= 0.6 is 0 Å². The second-order valence-electron chi connectivity index (χ2n) is 6.07. The maximum Gasteiger partial charge on any atom is 0.325 e. The number of carbonyl (C=O) groups is 2. The summed E-state index contributed by atoms with van der Waals surface area (Å²) in [5, 5.41) is 2.72. The van der Waals surface area contributed by atoms with Gasteiger partial charge >= 0.3 is 6.03 Å². The lowest BCUT2D eigenvalue weighted by atomic mass is 10.0. The van der Waals surface area contributed by atoms with Crippen molar-refractivity contribution in [1.29, 1.82) is 0 Å². The van der Waals surface area contributed by atoms with Crippen molar-refractivity contribution in [3.8, 4) is 11.5 Å². The molecule has 1 saturated heterocycles. The number of amides is 3. The highest BCUT2D eigenvalue weighted by molar-refractivity contribution is 6.04. The third kappa shape index (κ3) is 3.26. The van der Waals surface area contributed by atoms with Crippen LogP contribution in [-0.2, 0) is 11.3 Å². The maximum absolute atomic E-state index is 12.3. The number of carbonyl (C=O) groups excluding carboxylic acids is 2. The Kier molecular flexibility index (Phi) is 4.14. The number of nitrogens with one attached hydrogen (secondary N) is 1. The van der Waals surface area contributed by atoms with E-state index in [1.165, 1.54) is 11.2 Å². The van der Waals surface area contributed by atoms with E-state index in [1.807, 2.05) is 44.2 Å². The molecule has 1 aromatic heterocycles. The van der Waals surface area contributed by atoms with E-state index in [4.69, 9.17) is 4.42 Å². The zero-order valence-corrected chi connectivity index (χ0v) is 13.2. The van der Waals surface area contributed by atoms with Gasteiger partial charge in [-0.05, 0) is 24.5 Å². The molecule has 0 spiro atoms. The van der Waals surface area contributed by atoms with Crippen molar-refractivity contribution in [3.63, 3.8) is 0 Å². The third-order valence-corrected chi connectivity index (χ3v) is 3.71. The molecule has 0 radical (unpaired) electrons. The van der Waals surface area contributed by atoms with Gasteiger partial charge < -0.3 is 9.73 Å². The highest BCUT2D eigenvalue weighted by Gasteiger charge is 2.38. The number of hydrogen-bond donors (Lipinski definition) is 1. The van der Waals surface area contributed by atoms with Crippen LogP contribution in [0.3, 0.4) is 0 Å². The number of nitrogens with zero attached hydrogens (tertiary/aromatic N) is 2. The van der Waals surface area contributed by atoms with Gasteiger partial charge in [0.05, 0.1) is 12.2 Å². The van der Waals surface area contributed by atoms with Crippen molar-refractivity contribution in [2.45, 2.75) is 32.9 Å². The van der Waals surface area contributed by atoms with Gasteiger partial charge in [0.2, 0.25) is 5.89 Å². The molecule has 0 bridgehead atoms. The Morgan fingerprint density at radius 3 is 2.70 bits per heavy atom. The predicted molar refractivity (Wildman–Crippen MR) is 84.3 cm³/mol. The summed E-state index contributed by atoms with van der Waals surface area (Å²) in [6, 6.07) is 8.67. The van der Waals surface area contributed by atoms with Gasteiger partial charge in [-0.2, -0.15) is 0 Å². The van der Waals surface area contributed by atoms with E-state index in [9.17, 15) is 9.59 Å². The van der Waals surface area contributed by atoms with Crippen molar-refractivity contribution in [2.75, 3.05) is 0 Å². The number of oxazole rings is 1. The Balaban J connectivity index is 1.71. The standard InChI is InChI=1S/C17H19N3O3/c1-11(2)8-14-16(21)20(17(22)19-14)9-13-10-23-15(18-13)12-6-4-3-5-7-12/h3-7,10-11,14H,8-9H2,1-2H3,(H,19,22). The fourth-order valence-corrected chi connectivity index (χ4v) is 2.61. The summed E-state index contributed by atoms with van der Waals surface area (Å²) < 4.78 is 5.44. The quantitative estimate of drug-likeness (QED) is 0.861. The van der Waals surface area contributed by atoms with E-state index in [0.29, 0.717) is 23.9 Å². The van der Waals surface area contributed by atoms with Crippen molar-refractivity contribution in [3.05, 3.63) is 42.3 Å². The van der Waals surface area contributed by atoms with Gasteiger partial charge in [-0.1, -0.05) is 32.0 Å². The molecule has 1 atom stereocenters. The molecule has 1 N–H and O–H groups in total. The molecule has 0 aliphatic carbocycles. The average molecular weight is 313 g/mol. The Labute approximate surface area is 134 Å². The van der Waals surface area contributed by atoms with Crippen LogP contribution in [0.2, 0.25) is 0 Å². The second kappa shape index (κ2) is 6.24. The summed E-state index contributed by atoms with van der Waals surface area (Å²) in [7, 11) is 0. The Morgan fingerprint density at radius 1 is 1.26 bits per heavy atom. The number of benzene rings is 1. The van der Waals surface area contributed by atoms with Crippen molar-refractivity contribution >= 4 is 11.9 Å². The minimum atomic E-state index is -0.442. The summed E-state index contributed by atoms with van der Waals surface area (Å²) in [6.45, 7) is 4.16. The summed E-state index contributed by atoms with van der Waals surface area (Å²) in [4.78, 5) is 29.9. The van der Waals surface area contributed by atoms with Gasteiger partial charge in [-0.15, -0.1) is 0 Å². The lowest BCUT2D eigenvalue weighted by molar-refractivity contribution is -0.128. The molecule has 120 valence electrons. The van der Waals surface area contributed by atoms with Gasteiger partial charge in [0.1, 0.15) is 12.3 Å². The zero-order valence-electron chi connectivity index (χ0n) is 13.2. The van der Waals surface area contributed by atoms with E-state index in [0.717, 1.165) is 5.56 Å². The average Bonchev–Trinajstić information content (AvgIpc) is 3.09. The van der Waals surface area contributed by atoms with Gasteiger partial charge in [0.15, 0.2) is 0 Å². The number of aromatic nitrogens is 1. The van der Waals surface area contributed by atoms with Crippen molar-refractivity contribution in [1.82, 2.24) is 15.2 Å². The minimum absolute atomic E-state index is 0.121. The summed E-state index contributed by atoms with van der Waals surface area (Å²) >= 11 is 0. The summed E-state index contributed by atoms with van der Waals surface area (Å²) in [5.74, 6) is 0.611. The van der Waals surface area contributed by atoms with Gasteiger partial charge in [0.25, 0.3) is 5.91 Å². The second-order valence-corrected chi connectivity index (χ2v) is 6.07. The molecule has 3 rings (SSSR count). The number of imide groups is 1. The van der Waals surface area contributed by atoms with E-state index in [1.54, 1.807) is 0 Å². The first kappa shape index (κ1) is 15.3. The number of urea groups is 1. The monoisotopic (exact) mass is 313 g/mol. The normalized spacial score (nSPS) is 17.9. The van der Waals surface area contributed by atoms with Gasteiger partial charge in [0, 0.05) is 5.56 Å². The Hall–Kier alpha value is -2.63. The topological polar surface area (TPSA) is 75.4 Å². The molecule has 2 heterocycles. The highest BCUT2D eigenvalue weighted by atomic mass is 16.3. The smallest absolute Gasteiger partial charge is 0.325 e. The first-order valence-electron chi connectivity index (χ1n) is 7.66. The van der Waals surface area contributed by atoms with Crippen LogP contribution in [0, 0.1) is 5.92 Å². The fraction of sp³-hybridized carbons (Fsp3) is 0.353. The van der Waals surface area contributed by atoms with Crippen LogP contribution in [0.4, 0.5) is 4.79 Å². The van der Waals surface area contributed by atoms with Gasteiger partial charge in [-0.3, -0.25) is 9.69 Å². The zero-order chi connectivity index (χ0) is 16.4. The van der Waals surface area contributed by atoms with Gasteiger partial charge in [-0.25, -0.2) is 9.78 Å². The van der Waals surface area contributed by atoms with Crippen LogP contribution in [-0.4, -0.2) is 27.9 Å². The SMILES string of the molecule is CC(C)CC1NC(=O)N(Cc2coc(-c3ccccc3)n2)C1=O. The summed E-state index contributed by atoms with van der Waals surface area (Å²) in [6.07, 6.45) is 2.12. The largest absolute Gasteiger partial charge is 0.444 e. The number of hydrogen-bond acceptors (Lipinski definition) is 4. The lowest BCUT2D eigenvalue weighted by Gasteiger charge is -2.12. The van der Waals surface area contributed by atoms with E-state index < -0.39 is 6.04 Å². The Bertz CT molecular complexity index is 709. The molecule has 3 amide bonds. The van der Waals surface area contributed by atoms with Crippen molar-refractivity contribution < 1.29 is 14.0 Å². The molecular formula is C17H19N3O3. The van der Waals surface area contributed by atoms with Crippen LogP contribution < -0.4 is 5.32 Å². The Morgan fingerprint density at radius 2 is 2.00 bits per heavy atom. The van der Waals surface area contributed by atoms with Crippen molar-refractivity contribution in [2.24, 2.45) is 5.92 Å². The molecular weight excluding hydrogens is 294 g/mol. The molecule has 6 nitrogen and oxygen atoms in total. The molecule has 23 heavy (non-hydrogen) atoms. The highest BCUT2D eigenvalue weighted by Crippen LogP contribution is 2.21.